The minimum absolute atomic E-state index is 0.0323. The second-order valence-corrected chi connectivity index (χ2v) is 5.08. The Hall–Kier alpha value is -1.10. The zero-order valence-electron chi connectivity index (χ0n) is 10.9. The van der Waals surface area contributed by atoms with E-state index in [0.29, 0.717) is 38.1 Å². The molecule has 5 heteroatoms. The summed E-state index contributed by atoms with van der Waals surface area (Å²) in [5.41, 5.74) is 0. The maximum atomic E-state index is 11.9. The summed E-state index contributed by atoms with van der Waals surface area (Å²) in [5.74, 6) is -1.04. The number of carbonyl (C=O) groups is 2. The number of carbonyl (C=O) groups excluding carboxylic acids is 1. The predicted octanol–water partition coefficient (Wildman–Crippen LogP) is 1.01. The summed E-state index contributed by atoms with van der Waals surface area (Å²) in [6, 6.07) is 0. The smallest absolute Gasteiger partial charge is 0.306 e. The van der Waals surface area contributed by atoms with Gasteiger partial charge in [-0.15, -0.1) is 0 Å². The largest absolute Gasteiger partial charge is 0.481 e. The maximum absolute atomic E-state index is 11.9. The van der Waals surface area contributed by atoms with E-state index in [1.807, 2.05) is 6.92 Å². The number of aliphatic carboxylic acids is 1. The lowest BCUT2D eigenvalue weighted by atomic mass is 10.0. The van der Waals surface area contributed by atoms with Crippen LogP contribution in [0.1, 0.15) is 39.0 Å². The first kappa shape index (κ1) is 15.0. The molecule has 104 valence electrons. The van der Waals surface area contributed by atoms with Crippen molar-refractivity contribution in [1.82, 2.24) is 5.32 Å². The molecule has 0 aromatic heterocycles. The Morgan fingerprint density at radius 3 is 2.50 bits per heavy atom. The normalized spacial score (nSPS) is 24.8. The first-order valence-electron chi connectivity index (χ1n) is 6.69. The lowest BCUT2D eigenvalue weighted by Gasteiger charge is -2.16. The summed E-state index contributed by atoms with van der Waals surface area (Å²) >= 11 is 0. The zero-order valence-corrected chi connectivity index (χ0v) is 10.9. The van der Waals surface area contributed by atoms with Crippen LogP contribution in [-0.2, 0) is 9.59 Å². The van der Waals surface area contributed by atoms with Crippen LogP contribution in [0.4, 0.5) is 0 Å². The van der Waals surface area contributed by atoms with Crippen molar-refractivity contribution in [1.29, 1.82) is 0 Å². The van der Waals surface area contributed by atoms with Crippen molar-refractivity contribution in [2.24, 2.45) is 17.8 Å². The highest BCUT2D eigenvalue weighted by Crippen LogP contribution is 2.31. The predicted molar refractivity (Wildman–Crippen MR) is 67.0 cm³/mol. The number of nitrogens with one attached hydrogen (secondary N) is 1. The Labute approximate surface area is 108 Å². The Balaban J connectivity index is 2.31. The highest BCUT2D eigenvalue weighted by atomic mass is 16.4. The van der Waals surface area contributed by atoms with Crippen LogP contribution in [0.3, 0.4) is 0 Å². The molecule has 0 heterocycles. The molecule has 5 nitrogen and oxygen atoms in total. The molecule has 1 rings (SSSR count). The standard InChI is InChI=1S/C13H23NO4/c1-2-9(5-6-15)8-14-12(16)10-3-4-11(7-10)13(17)18/h9-11,15H,2-8H2,1H3,(H,14,16)(H,17,18)/t9?,10-,11+/m1/s1. The Morgan fingerprint density at radius 1 is 1.33 bits per heavy atom. The van der Waals surface area contributed by atoms with Gasteiger partial charge in [0, 0.05) is 19.1 Å². The SMILES string of the molecule is CCC(CCO)CNC(=O)[C@@H]1CC[C@H](C(=O)O)C1. The highest BCUT2D eigenvalue weighted by Gasteiger charge is 2.33. The van der Waals surface area contributed by atoms with E-state index in [1.54, 1.807) is 0 Å². The third kappa shape index (κ3) is 4.29. The Kier molecular flexibility index (Phi) is 6.12. The molecule has 1 aliphatic carbocycles. The van der Waals surface area contributed by atoms with Gasteiger partial charge in [-0.05, 0) is 31.6 Å². The summed E-state index contributed by atoms with van der Waals surface area (Å²) in [7, 11) is 0. The van der Waals surface area contributed by atoms with Crippen LogP contribution in [0.15, 0.2) is 0 Å². The van der Waals surface area contributed by atoms with Gasteiger partial charge in [0.05, 0.1) is 5.92 Å². The van der Waals surface area contributed by atoms with E-state index >= 15 is 0 Å². The summed E-state index contributed by atoms with van der Waals surface area (Å²) in [6.45, 7) is 2.74. The van der Waals surface area contributed by atoms with Gasteiger partial charge in [0.1, 0.15) is 0 Å². The first-order valence-corrected chi connectivity index (χ1v) is 6.69. The molecule has 0 aromatic rings. The van der Waals surface area contributed by atoms with E-state index in [0.717, 1.165) is 6.42 Å². The molecular formula is C13H23NO4. The summed E-state index contributed by atoms with van der Waals surface area (Å²) in [5, 5.41) is 20.6. The van der Waals surface area contributed by atoms with Crippen molar-refractivity contribution in [2.75, 3.05) is 13.2 Å². The van der Waals surface area contributed by atoms with E-state index in [1.165, 1.54) is 0 Å². The molecule has 0 saturated heterocycles. The van der Waals surface area contributed by atoms with Gasteiger partial charge in [0.25, 0.3) is 0 Å². The van der Waals surface area contributed by atoms with Gasteiger partial charge in [0.15, 0.2) is 0 Å². The monoisotopic (exact) mass is 257 g/mol. The second kappa shape index (κ2) is 7.36. The Bertz CT molecular complexity index is 293. The zero-order chi connectivity index (χ0) is 13.5. The van der Waals surface area contributed by atoms with E-state index in [2.05, 4.69) is 5.32 Å². The highest BCUT2D eigenvalue weighted by molar-refractivity contribution is 5.80. The topological polar surface area (TPSA) is 86.6 Å². The Morgan fingerprint density at radius 2 is 2.00 bits per heavy atom. The van der Waals surface area contributed by atoms with Crippen molar-refractivity contribution in [3.63, 3.8) is 0 Å². The number of hydrogen-bond donors (Lipinski definition) is 3. The van der Waals surface area contributed by atoms with Crippen LogP contribution in [0, 0.1) is 17.8 Å². The molecule has 1 aliphatic rings. The van der Waals surface area contributed by atoms with Crippen LogP contribution in [0.2, 0.25) is 0 Å². The number of aliphatic hydroxyl groups excluding tert-OH is 1. The third-order valence-corrected chi connectivity index (χ3v) is 3.83. The fourth-order valence-corrected chi connectivity index (χ4v) is 2.47. The third-order valence-electron chi connectivity index (χ3n) is 3.83. The second-order valence-electron chi connectivity index (χ2n) is 5.08. The van der Waals surface area contributed by atoms with Crippen molar-refractivity contribution in [3.8, 4) is 0 Å². The average molecular weight is 257 g/mol. The number of rotatable bonds is 7. The molecule has 1 saturated carbocycles. The minimum Gasteiger partial charge on any atom is -0.481 e. The molecule has 1 fully saturated rings. The van der Waals surface area contributed by atoms with Crippen molar-refractivity contribution >= 4 is 11.9 Å². The van der Waals surface area contributed by atoms with Crippen LogP contribution in [0.5, 0.6) is 0 Å². The lowest BCUT2D eigenvalue weighted by molar-refractivity contribution is -0.141. The molecule has 0 aliphatic heterocycles. The fourth-order valence-electron chi connectivity index (χ4n) is 2.47. The first-order chi connectivity index (χ1) is 8.58. The van der Waals surface area contributed by atoms with E-state index < -0.39 is 5.97 Å². The molecule has 1 unspecified atom stereocenters. The van der Waals surface area contributed by atoms with Gasteiger partial charge in [-0.25, -0.2) is 0 Å². The minimum atomic E-state index is -0.794. The number of aliphatic hydroxyl groups is 1. The molecule has 0 aromatic carbocycles. The molecule has 1 amide bonds. The van der Waals surface area contributed by atoms with E-state index in [-0.39, 0.29) is 24.3 Å². The fraction of sp³-hybridized carbons (Fsp3) is 0.846. The number of amides is 1. The van der Waals surface area contributed by atoms with Crippen molar-refractivity contribution in [2.45, 2.75) is 39.0 Å². The molecule has 3 N–H and O–H groups in total. The van der Waals surface area contributed by atoms with Gasteiger partial charge in [-0.1, -0.05) is 13.3 Å². The van der Waals surface area contributed by atoms with E-state index in [4.69, 9.17) is 10.2 Å². The van der Waals surface area contributed by atoms with Crippen LogP contribution < -0.4 is 5.32 Å². The van der Waals surface area contributed by atoms with Crippen LogP contribution in [-0.4, -0.2) is 35.2 Å². The molecule has 0 bridgehead atoms. The van der Waals surface area contributed by atoms with Gasteiger partial charge in [-0.3, -0.25) is 9.59 Å². The number of hydrogen-bond acceptors (Lipinski definition) is 3. The van der Waals surface area contributed by atoms with Gasteiger partial charge in [0.2, 0.25) is 5.91 Å². The van der Waals surface area contributed by atoms with Gasteiger partial charge < -0.3 is 15.5 Å². The molecule has 0 spiro atoms. The average Bonchev–Trinajstić information content (AvgIpc) is 2.83. The van der Waals surface area contributed by atoms with Gasteiger partial charge in [-0.2, -0.15) is 0 Å². The number of carboxylic acid groups (broad SMARTS) is 1. The lowest BCUT2D eigenvalue weighted by Crippen LogP contribution is -2.34. The van der Waals surface area contributed by atoms with Crippen LogP contribution in [0.25, 0.3) is 0 Å². The van der Waals surface area contributed by atoms with E-state index in [9.17, 15) is 9.59 Å². The molecular weight excluding hydrogens is 234 g/mol. The summed E-state index contributed by atoms with van der Waals surface area (Å²) in [6.07, 6.45) is 3.33. The van der Waals surface area contributed by atoms with Gasteiger partial charge >= 0.3 is 5.97 Å². The molecule has 3 atom stereocenters. The number of carboxylic acids is 1. The maximum Gasteiger partial charge on any atom is 0.306 e. The molecule has 18 heavy (non-hydrogen) atoms. The summed E-state index contributed by atoms with van der Waals surface area (Å²) in [4.78, 5) is 22.7. The summed E-state index contributed by atoms with van der Waals surface area (Å²) < 4.78 is 0. The van der Waals surface area contributed by atoms with Crippen LogP contribution >= 0.6 is 0 Å². The van der Waals surface area contributed by atoms with Crippen molar-refractivity contribution < 1.29 is 19.8 Å². The molecule has 0 radical (unpaired) electrons. The quantitative estimate of drug-likeness (QED) is 0.635. The van der Waals surface area contributed by atoms with Crippen molar-refractivity contribution in [3.05, 3.63) is 0 Å².